The number of ether oxygens (including phenoxy) is 1. The van der Waals surface area contributed by atoms with E-state index in [-0.39, 0.29) is 6.10 Å². The molecule has 1 saturated carbocycles. The van der Waals surface area contributed by atoms with Crippen LogP contribution in [0.2, 0.25) is 0 Å². The molecule has 4 rings (SSSR count). The number of amides is 1. The van der Waals surface area contributed by atoms with Gasteiger partial charge in [-0.1, -0.05) is 13.8 Å². The summed E-state index contributed by atoms with van der Waals surface area (Å²) in [4.78, 5) is 24.6. The van der Waals surface area contributed by atoms with Crippen LogP contribution in [0.15, 0.2) is 36.9 Å². The molecular weight excluding hydrogens is 447 g/mol. The van der Waals surface area contributed by atoms with Gasteiger partial charge in [-0.25, -0.2) is 4.98 Å². The van der Waals surface area contributed by atoms with Crippen molar-refractivity contribution in [3.63, 3.8) is 0 Å². The molecule has 10 heteroatoms. The van der Waals surface area contributed by atoms with Crippen molar-refractivity contribution >= 4 is 16.9 Å². The number of H-pyrrole nitrogens is 1. The first-order chi connectivity index (χ1) is 16.1. The fourth-order valence-corrected chi connectivity index (χ4v) is 4.35. The molecule has 1 aliphatic carbocycles. The van der Waals surface area contributed by atoms with Crippen LogP contribution in [0, 0.1) is 5.92 Å². The number of pyridine rings is 2. The highest BCUT2D eigenvalue weighted by molar-refractivity contribution is 5.95. The van der Waals surface area contributed by atoms with E-state index in [2.05, 4.69) is 15.0 Å². The van der Waals surface area contributed by atoms with Crippen LogP contribution in [0.3, 0.4) is 0 Å². The number of halogens is 3. The molecule has 0 aromatic carbocycles. The predicted octanol–water partition coefficient (Wildman–Crippen LogP) is 4.43. The van der Waals surface area contributed by atoms with Gasteiger partial charge in [-0.2, -0.15) is 13.2 Å². The molecule has 3 heterocycles. The molecule has 1 unspecified atom stereocenters. The minimum absolute atomic E-state index is 0.186. The lowest BCUT2D eigenvalue weighted by Crippen LogP contribution is -2.56. The van der Waals surface area contributed by atoms with Crippen LogP contribution in [-0.2, 0) is 10.3 Å². The molecule has 1 aliphatic rings. The van der Waals surface area contributed by atoms with Crippen molar-refractivity contribution in [1.29, 1.82) is 0 Å². The van der Waals surface area contributed by atoms with Crippen molar-refractivity contribution in [2.75, 3.05) is 6.54 Å². The maximum Gasteiger partial charge on any atom is 0.405 e. The number of carbonyl (C=O) groups excluding carboxylic acids is 1. The molecule has 0 spiro atoms. The van der Waals surface area contributed by atoms with E-state index in [1.54, 1.807) is 38.5 Å². The van der Waals surface area contributed by atoms with Gasteiger partial charge in [0.25, 0.3) is 0 Å². The number of nitrogens with one attached hydrogen (secondary N) is 2. The molecule has 0 radical (unpaired) electrons. The van der Waals surface area contributed by atoms with Gasteiger partial charge < -0.3 is 20.8 Å². The molecule has 3 aromatic rings. The van der Waals surface area contributed by atoms with Crippen LogP contribution in [0.25, 0.3) is 22.2 Å². The summed E-state index contributed by atoms with van der Waals surface area (Å²) >= 11 is 0. The maximum absolute atomic E-state index is 12.8. The van der Waals surface area contributed by atoms with Gasteiger partial charge in [-0.3, -0.25) is 9.78 Å². The topological polar surface area (TPSA) is 106 Å². The molecule has 182 valence electrons. The fourth-order valence-electron chi connectivity index (χ4n) is 4.35. The van der Waals surface area contributed by atoms with Crippen molar-refractivity contribution in [1.82, 2.24) is 20.3 Å². The van der Waals surface area contributed by atoms with Gasteiger partial charge in [0.15, 0.2) is 0 Å². The Labute approximate surface area is 195 Å². The number of carbonyl (C=O) groups is 1. The first kappa shape index (κ1) is 24.0. The number of nitrogens with two attached hydrogens (primary N) is 1. The van der Waals surface area contributed by atoms with E-state index in [0.717, 1.165) is 36.6 Å². The average molecular weight is 476 g/mol. The summed E-state index contributed by atoms with van der Waals surface area (Å²) in [5.41, 5.74) is 7.13. The summed E-state index contributed by atoms with van der Waals surface area (Å²) in [7, 11) is 0. The smallest absolute Gasteiger partial charge is 0.405 e. The van der Waals surface area contributed by atoms with E-state index in [1.807, 2.05) is 11.4 Å². The molecule has 3 aromatic heterocycles. The lowest BCUT2D eigenvalue weighted by atomic mass is 9.80. The number of hydrogen-bond acceptors (Lipinski definition) is 5. The lowest BCUT2D eigenvalue weighted by Gasteiger charge is -2.32. The summed E-state index contributed by atoms with van der Waals surface area (Å²) in [6.07, 6.45) is 6.49. The van der Waals surface area contributed by atoms with E-state index >= 15 is 0 Å². The zero-order valence-corrected chi connectivity index (χ0v) is 19.1. The van der Waals surface area contributed by atoms with Crippen molar-refractivity contribution in [2.45, 2.75) is 57.3 Å². The third-order valence-electron chi connectivity index (χ3n) is 6.37. The molecule has 1 amide bonds. The van der Waals surface area contributed by atoms with E-state index in [4.69, 9.17) is 10.5 Å². The number of nitrogens with zero attached hydrogens (tertiary/aromatic N) is 2. The summed E-state index contributed by atoms with van der Waals surface area (Å²) in [5.74, 6) is -0.730. The highest BCUT2D eigenvalue weighted by atomic mass is 19.4. The second-order valence-electron chi connectivity index (χ2n) is 9.08. The van der Waals surface area contributed by atoms with Crippen LogP contribution in [-0.4, -0.2) is 39.7 Å². The number of aromatic amines is 1. The van der Waals surface area contributed by atoms with Gasteiger partial charge in [-0.15, -0.1) is 0 Å². The molecular formula is C24H28F3N5O2. The number of rotatable bonds is 7. The van der Waals surface area contributed by atoms with Gasteiger partial charge in [0.05, 0.1) is 12.3 Å². The number of hydrogen-bond donors (Lipinski definition) is 3. The van der Waals surface area contributed by atoms with Gasteiger partial charge in [-0.05, 0) is 43.7 Å². The van der Waals surface area contributed by atoms with Crippen LogP contribution in [0.4, 0.5) is 13.2 Å². The zero-order chi connectivity index (χ0) is 24.5. The highest BCUT2D eigenvalue weighted by Gasteiger charge is 2.41. The Bertz CT molecular complexity index is 1170. The average Bonchev–Trinajstić information content (AvgIpc) is 3.46. The molecule has 1 atom stereocenters. The predicted molar refractivity (Wildman–Crippen MR) is 122 cm³/mol. The summed E-state index contributed by atoms with van der Waals surface area (Å²) in [6, 6.07) is 3.60. The third kappa shape index (κ3) is 4.86. The number of fused-ring (bicyclic) bond motifs is 1. The third-order valence-corrected chi connectivity index (χ3v) is 6.37. The Morgan fingerprint density at radius 2 is 1.97 bits per heavy atom. The molecule has 7 nitrogen and oxygen atoms in total. The molecule has 0 saturated heterocycles. The van der Waals surface area contributed by atoms with Crippen molar-refractivity contribution in [3.8, 4) is 16.9 Å². The normalized spacial score (nSPS) is 16.7. The van der Waals surface area contributed by atoms with E-state index < -0.39 is 30.1 Å². The van der Waals surface area contributed by atoms with Gasteiger partial charge >= 0.3 is 6.18 Å². The summed E-state index contributed by atoms with van der Waals surface area (Å²) < 4.78 is 44.1. The molecule has 1 fully saturated rings. The second-order valence-corrected chi connectivity index (χ2v) is 9.08. The first-order valence-corrected chi connectivity index (χ1v) is 11.3. The van der Waals surface area contributed by atoms with Gasteiger partial charge in [0.1, 0.15) is 23.5 Å². The number of alkyl halides is 3. The van der Waals surface area contributed by atoms with Crippen LogP contribution in [0.5, 0.6) is 5.75 Å². The van der Waals surface area contributed by atoms with Gasteiger partial charge in [0.2, 0.25) is 5.91 Å². The quantitative estimate of drug-likeness (QED) is 0.469. The molecule has 0 bridgehead atoms. The lowest BCUT2D eigenvalue weighted by molar-refractivity contribution is -0.143. The zero-order valence-electron chi connectivity index (χ0n) is 19.1. The molecule has 0 aliphatic heterocycles. The molecule has 34 heavy (non-hydrogen) atoms. The fraction of sp³-hybridized carbons (Fsp3) is 0.458. The van der Waals surface area contributed by atoms with E-state index in [1.165, 1.54) is 6.20 Å². The Morgan fingerprint density at radius 1 is 1.24 bits per heavy atom. The largest absolute Gasteiger partial charge is 0.489 e. The highest BCUT2D eigenvalue weighted by Crippen LogP contribution is 2.34. The van der Waals surface area contributed by atoms with Crippen LogP contribution >= 0.6 is 0 Å². The maximum atomic E-state index is 12.8. The van der Waals surface area contributed by atoms with Crippen LogP contribution in [0.1, 0.15) is 45.1 Å². The first-order valence-electron chi connectivity index (χ1n) is 11.3. The summed E-state index contributed by atoms with van der Waals surface area (Å²) in [5, 5.41) is 2.73. The molecule has 4 N–H and O–H groups in total. The Balaban J connectivity index is 1.67. The summed E-state index contributed by atoms with van der Waals surface area (Å²) in [6.45, 7) is 1.91. The SMILES string of the molecule is CC(C)C(N)(C(=O)NCC(F)(F)F)c1cncc(-c2c[nH]c3ncc(OC4CCCC4)cc23)c1. The second kappa shape index (κ2) is 9.25. The Hall–Kier alpha value is -3.14. The van der Waals surface area contributed by atoms with E-state index in [9.17, 15) is 18.0 Å². The van der Waals surface area contributed by atoms with Crippen molar-refractivity contribution in [2.24, 2.45) is 11.7 Å². The number of aromatic nitrogens is 3. The standard InChI is InChI=1S/C24H28F3N5O2/c1-14(2)24(28,22(33)32-13-23(25,26)27)16-7-15(9-29-10-16)20-12-31-21-19(20)8-18(11-30-21)34-17-5-3-4-6-17/h7-12,14,17H,3-6,13,28H2,1-2H3,(H,30,31)(H,32,33). The van der Waals surface area contributed by atoms with Crippen molar-refractivity contribution < 1.29 is 22.7 Å². The minimum atomic E-state index is -4.54. The Kier molecular flexibility index (Phi) is 6.53. The minimum Gasteiger partial charge on any atom is -0.489 e. The van der Waals surface area contributed by atoms with Crippen molar-refractivity contribution in [3.05, 3.63) is 42.5 Å². The van der Waals surface area contributed by atoms with Gasteiger partial charge in [0, 0.05) is 40.7 Å². The van der Waals surface area contributed by atoms with Crippen LogP contribution < -0.4 is 15.8 Å². The monoisotopic (exact) mass is 475 g/mol. The van der Waals surface area contributed by atoms with E-state index in [0.29, 0.717) is 22.5 Å². The Morgan fingerprint density at radius 3 is 2.65 bits per heavy atom.